The van der Waals surface area contributed by atoms with Gasteiger partial charge in [-0.05, 0) is 61.4 Å². The zero-order valence-corrected chi connectivity index (χ0v) is 22.5. The minimum Gasteiger partial charge on any atom is -0.491 e. The van der Waals surface area contributed by atoms with E-state index in [2.05, 4.69) is 15.9 Å². The number of aliphatic hydroxyl groups is 2. The van der Waals surface area contributed by atoms with Crippen molar-refractivity contribution in [2.75, 3.05) is 37.7 Å². The van der Waals surface area contributed by atoms with Crippen molar-refractivity contribution in [1.82, 2.24) is 4.90 Å². The first kappa shape index (κ1) is 27.3. The second kappa shape index (κ2) is 11.7. The van der Waals surface area contributed by atoms with Crippen LogP contribution in [0, 0.1) is 11.3 Å². The van der Waals surface area contributed by atoms with Crippen molar-refractivity contribution >= 4 is 28.9 Å². The van der Waals surface area contributed by atoms with Crippen molar-refractivity contribution in [3.63, 3.8) is 0 Å². The van der Waals surface area contributed by atoms with Gasteiger partial charge in [-0.3, -0.25) is 4.90 Å². The molecule has 1 heterocycles. The predicted octanol–water partition coefficient (Wildman–Crippen LogP) is 5.40. The maximum absolute atomic E-state index is 11.4. The van der Waals surface area contributed by atoms with Crippen molar-refractivity contribution in [2.24, 2.45) is 0 Å². The van der Waals surface area contributed by atoms with E-state index in [4.69, 9.17) is 27.9 Å². The molecule has 3 atom stereocenters. The number of halogens is 2. The van der Waals surface area contributed by atoms with E-state index in [1.807, 2.05) is 42.5 Å². The Kier molecular flexibility index (Phi) is 8.63. The average Bonchev–Trinajstić information content (AvgIpc) is 2.88. The molecular formula is C29H31Cl2N3O3. The number of aliphatic hydroxyl groups excluding tert-OH is 1. The third kappa shape index (κ3) is 6.75. The lowest BCUT2D eigenvalue weighted by Gasteiger charge is -2.45. The fourth-order valence-electron chi connectivity index (χ4n) is 4.72. The average molecular weight is 540 g/mol. The molecule has 1 fully saturated rings. The van der Waals surface area contributed by atoms with Gasteiger partial charge in [-0.2, -0.15) is 5.26 Å². The molecule has 4 rings (SSSR count). The second-order valence-electron chi connectivity index (χ2n) is 9.74. The molecular weight excluding hydrogens is 509 g/mol. The molecule has 0 aromatic heterocycles. The Morgan fingerprint density at radius 1 is 1.11 bits per heavy atom. The van der Waals surface area contributed by atoms with E-state index in [9.17, 15) is 15.5 Å². The summed E-state index contributed by atoms with van der Waals surface area (Å²) in [5.41, 5.74) is 2.09. The second-order valence-corrected chi connectivity index (χ2v) is 10.6. The molecule has 0 aliphatic carbocycles. The number of rotatable bonds is 8. The Balaban J connectivity index is 1.59. The van der Waals surface area contributed by atoms with Crippen LogP contribution in [0.5, 0.6) is 5.75 Å². The number of ether oxygens (including phenoxy) is 1. The minimum atomic E-state index is -1.12. The Bertz CT molecular complexity index is 1260. The van der Waals surface area contributed by atoms with Crippen LogP contribution in [-0.2, 0) is 5.60 Å². The summed E-state index contributed by atoms with van der Waals surface area (Å²) in [5, 5.41) is 31.4. The molecule has 0 amide bonds. The van der Waals surface area contributed by atoms with E-state index in [-0.39, 0.29) is 12.6 Å². The number of hydrogen-bond acceptors (Lipinski definition) is 6. The van der Waals surface area contributed by atoms with Gasteiger partial charge in [-0.25, -0.2) is 0 Å². The highest BCUT2D eigenvalue weighted by molar-refractivity contribution is 6.33. The summed E-state index contributed by atoms with van der Waals surface area (Å²) in [4.78, 5) is 4.51. The summed E-state index contributed by atoms with van der Waals surface area (Å²) in [6.45, 7) is 6.13. The topological polar surface area (TPSA) is 80.0 Å². The smallest absolute Gasteiger partial charge is 0.121 e. The van der Waals surface area contributed by atoms with E-state index in [0.29, 0.717) is 46.6 Å². The number of hydrogen-bond donors (Lipinski definition) is 2. The molecule has 2 N–H and O–H groups in total. The van der Waals surface area contributed by atoms with Crippen LogP contribution in [0.1, 0.15) is 36.6 Å². The molecule has 0 radical (unpaired) electrons. The fraction of sp³-hybridized carbons (Fsp3) is 0.345. The van der Waals surface area contributed by atoms with Crippen LogP contribution >= 0.6 is 23.2 Å². The lowest BCUT2D eigenvalue weighted by Crippen LogP contribution is -2.52. The van der Waals surface area contributed by atoms with E-state index < -0.39 is 11.7 Å². The molecule has 1 aliphatic rings. The van der Waals surface area contributed by atoms with E-state index in [1.165, 1.54) is 0 Å². The minimum absolute atomic E-state index is 0.0333. The maximum atomic E-state index is 11.4. The van der Waals surface area contributed by atoms with Crippen molar-refractivity contribution in [1.29, 1.82) is 5.26 Å². The number of nitrogens with zero attached hydrogens (tertiary/aromatic N) is 3. The van der Waals surface area contributed by atoms with Gasteiger partial charge in [0.25, 0.3) is 0 Å². The summed E-state index contributed by atoms with van der Waals surface area (Å²) in [5.74, 6) is 0.604. The fourth-order valence-corrected chi connectivity index (χ4v) is 5.12. The molecule has 8 heteroatoms. The first-order valence-corrected chi connectivity index (χ1v) is 13.0. The van der Waals surface area contributed by atoms with Gasteiger partial charge in [0, 0.05) is 37.3 Å². The molecule has 1 aliphatic heterocycles. The summed E-state index contributed by atoms with van der Waals surface area (Å²) < 4.78 is 5.62. The van der Waals surface area contributed by atoms with E-state index >= 15 is 0 Å². The van der Waals surface area contributed by atoms with Gasteiger partial charge in [0.05, 0.1) is 40.1 Å². The van der Waals surface area contributed by atoms with Crippen LogP contribution in [-0.4, -0.2) is 54.0 Å². The summed E-state index contributed by atoms with van der Waals surface area (Å²) in [6, 6.07) is 22.6. The quantitative estimate of drug-likeness (QED) is 0.399. The van der Waals surface area contributed by atoms with Gasteiger partial charge < -0.3 is 19.8 Å². The first-order chi connectivity index (χ1) is 17.7. The van der Waals surface area contributed by atoms with Crippen molar-refractivity contribution in [3.8, 4) is 11.8 Å². The zero-order chi connectivity index (χ0) is 26.6. The molecule has 0 bridgehead atoms. The lowest BCUT2D eigenvalue weighted by atomic mass is 9.92. The number of β-amino-alcohol motifs (C(OH)–C–C–N with tert-alkyl or cyclic N) is 1. The molecule has 0 spiro atoms. The molecule has 194 valence electrons. The van der Waals surface area contributed by atoms with Gasteiger partial charge in [-0.15, -0.1) is 0 Å². The highest BCUT2D eigenvalue weighted by atomic mass is 35.5. The number of anilines is 1. The summed E-state index contributed by atoms with van der Waals surface area (Å²) in [6.07, 6.45) is -0.569. The Labute approximate surface area is 228 Å². The standard InChI is InChI=1S/C29H31Cl2N3O3/c1-20(35)18-37-25-10-11-27(26(31)15-25)34-13-12-33(17-28(34)22-6-8-24(30)9-7-22)19-29(2,36)23-5-3-4-21(14-23)16-32/h3-11,14-15,20,28,35-36H,12-13,17-19H2,1-2H3/t20-,28+,29-/m1/s1. The predicted molar refractivity (Wildman–Crippen MR) is 147 cm³/mol. The van der Waals surface area contributed by atoms with Gasteiger partial charge in [0.15, 0.2) is 0 Å². The number of benzene rings is 3. The van der Waals surface area contributed by atoms with Gasteiger partial charge >= 0.3 is 0 Å². The zero-order valence-electron chi connectivity index (χ0n) is 20.9. The molecule has 37 heavy (non-hydrogen) atoms. The largest absolute Gasteiger partial charge is 0.491 e. The SMILES string of the molecule is C[C@@H](O)COc1ccc(N2CCN(C[C@@](C)(O)c3cccc(C#N)c3)C[C@H]2c2ccc(Cl)cc2)c(Cl)c1. The Hall–Kier alpha value is -2.79. The molecule has 3 aromatic carbocycles. The van der Waals surface area contributed by atoms with Crippen LogP contribution in [0.25, 0.3) is 0 Å². The number of piperazine rings is 1. The normalized spacial score (nSPS) is 18.6. The Morgan fingerprint density at radius 3 is 2.54 bits per heavy atom. The van der Waals surface area contributed by atoms with Crippen LogP contribution in [0.3, 0.4) is 0 Å². The third-order valence-electron chi connectivity index (χ3n) is 6.58. The van der Waals surface area contributed by atoms with Crippen molar-refractivity contribution in [2.45, 2.75) is 31.6 Å². The maximum Gasteiger partial charge on any atom is 0.121 e. The van der Waals surface area contributed by atoms with Crippen molar-refractivity contribution < 1.29 is 14.9 Å². The third-order valence-corrected chi connectivity index (χ3v) is 7.14. The lowest BCUT2D eigenvalue weighted by molar-refractivity contribution is 0.0103. The first-order valence-electron chi connectivity index (χ1n) is 12.2. The van der Waals surface area contributed by atoms with Crippen LogP contribution < -0.4 is 9.64 Å². The van der Waals surface area contributed by atoms with E-state index in [0.717, 1.165) is 17.8 Å². The van der Waals surface area contributed by atoms with Gasteiger partial charge in [0.2, 0.25) is 0 Å². The monoisotopic (exact) mass is 539 g/mol. The van der Waals surface area contributed by atoms with Crippen molar-refractivity contribution in [3.05, 3.63) is 93.5 Å². The van der Waals surface area contributed by atoms with Crippen LogP contribution in [0.4, 0.5) is 5.69 Å². The van der Waals surface area contributed by atoms with Gasteiger partial charge in [-0.1, -0.05) is 47.5 Å². The number of nitriles is 1. The van der Waals surface area contributed by atoms with E-state index in [1.54, 1.807) is 38.1 Å². The summed E-state index contributed by atoms with van der Waals surface area (Å²) >= 11 is 12.9. The molecule has 3 aromatic rings. The highest BCUT2D eigenvalue weighted by Gasteiger charge is 2.34. The molecule has 0 saturated carbocycles. The van der Waals surface area contributed by atoms with Gasteiger partial charge in [0.1, 0.15) is 12.4 Å². The molecule has 6 nitrogen and oxygen atoms in total. The molecule has 1 saturated heterocycles. The van der Waals surface area contributed by atoms with Crippen LogP contribution in [0.2, 0.25) is 10.0 Å². The Morgan fingerprint density at radius 2 is 1.86 bits per heavy atom. The molecule has 0 unspecified atom stereocenters. The highest BCUT2D eigenvalue weighted by Crippen LogP contribution is 2.38. The summed E-state index contributed by atoms with van der Waals surface area (Å²) in [7, 11) is 0. The van der Waals surface area contributed by atoms with Crippen LogP contribution in [0.15, 0.2) is 66.7 Å².